The Labute approximate surface area is 157 Å². The number of halogens is 1. The van der Waals surface area contributed by atoms with Crippen LogP contribution in [0.2, 0.25) is 5.02 Å². The second-order valence-electron chi connectivity index (χ2n) is 5.45. The Hall–Kier alpha value is -2.57. The van der Waals surface area contributed by atoms with Gasteiger partial charge in [-0.3, -0.25) is 4.79 Å². The van der Waals surface area contributed by atoms with Crippen molar-refractivity contribution in [2.75, 3.05) is 32.2 Å². The monoisotopic (exact) mass is 377 g/mol. The van der Waals surface area contributed by atoms with Crippen LogP contribution in [-0.4, -0.2) is 38.8 Å². The summed E-state index contributed by atoms with van der Waals surface area (Å²) in [4.78, 5) is 23.8. The molecular formula is C19H20ClNO5. The Kier molecular flexibility index (Phi) is 7.44. The van der Waals surface area contributed by atoms with Crippen LogP contribution in [0.5, 0.6) is 5.75 Å². The van der Waals surface area contributed by atoms with Crippen LogP contribution in [-0.2, 0) is 14.3 Å². The van der Waals surface area contributed by atoms with E-state index in [2.05, 4.69) is 5.32 Å². The van der Waals surface area contributed by atoms with Gasteiger partial charge >= 0.3 is 5.97 Å². The Morgan fingerprint density at radius 3 is 2.46 bits per heavy atom. The molecule has 1 N–H and O–H groups in total. The number of rotatable bonds is 8. The average molecular weight is 378 g/mol. The second-order valence-corrected chi connectivity index (χ2v) is 5.89. The largest absolute Gasteiger partial charge is 0.483 e. The predicted octanol–water partition coefficient (Wildman–Crippen LogP) is 3.47. The van der Waals surface area contributed by atoms with Crippen LogP contribution in [0, 0.1) is 6.92 Å². The van der Waals surface area contributed by atoms with Gasteiger partial charge in [0.2, 0.25) is 0 Å². The number of esters is 1. The number of hydrogen-bond acceptors (Lipinski definition) is 5. The van der Waals surface area contributed by atoms with Gasteiger partial charge in [0.05, 0.1) is 12.2 Å². The van der Waals surface area contributed by atoms with Crippen molar-refractivity contribution in [1.82, 2.24) is 0 Å². The zero-order valence-electron chi connectivity index (χ0n) is 14.6. The molecule has 0 atom stereocenters. The topological polar surface area (TPSA) is 73.9 Å². The molecule has 0 aliphatic rings. The molecule has 0 aromatic heterocycles. The molecule has 6 nitrogen and oxygen atoms in total. The molecule has 0 bridgehead atoms. The highest BCUT2D eigenvalue weighted by molar-refractivity contribution is 6.30. The Bertz CT molecular complexity index is 761. The van der Waals surface area contributed by atoms with Gasteiger partial charge in [-0.05, 0) is 55.0 Å². The maximum Gasteiger partial charge on any atom is 0.338 e. The van der Waals surface area contributed by atoms with E-state index in [1.165, 1.54) is 7.11 Å². The standard InChI is InChI=1S/C19H20ClNO5/c1-13-11-15(20)5-8-17(13)26-12-18(22)21-16-6-3-14(4-7-16)19(23)25-10-9-24-2/h3-8,11H,9-10,12H2,1-2H3,(H,21,22). The summed E-state index contributed by atoms with van der Waals surface area (Å²) < 4.78 is 15.3. The molecule has 2 aromatic rings. The third kappa shape index (κ3) is 6.06. The van der Waals surface area contributed by atoms with Crippen molar-refractivity contribution < 1.29 is 23.8 Å². The number of hydrogen-bond donors (Lipinski definition) is 1. The maximum atomic E-state index is 12.0. The lowest BCUT2D eigenvalue weighted by Gasteiger charge is -2.10. The van der Waals surface area contributed by atoms with Crippen molar-refractivity contribution in [3.8, 4) is 5.75 Å². The molecule has 7 heteroatoms. The van der Waals surface area contributed by atoms with Crippen molar-refractivity contribution >= 4 is 29.2 Å². The van der Waals surface area contributed by atoms with Crippen LogP contribution in [0.1, 0.15) is 15.9 Å². The van der Waals surface area contributed by atoms with Gasteiger partial charge in [0.25, 0.3) is 5.91 Å². The number of carbonyl (C=O) groups excluding carboxylic acids is 2. The van der Waals surface area contributed by atoms with Crippen LogP contribution in [0.4, 0.5) is 5.69 Å². The zero-order chi connectivity index (χ0) is 18.9. The molecule has 2 aromatic carbocycles. The summed E-state index contributed by atoms with van der Waals surface area (Å²) in [6.07, 6.45) is 0. The lowest BCUT2D eigenvalue weighted by Crippen LogP contribution is -2.20. The average Bonchev–Trinajstić information content (AvgIpc) is 2.61. The number of ether oxygens (including phenoxy) is 3. The quantitative estimate of drug-likeness (QED) is 0.563. The SMILES string of the molecule is COCCOC(=O)c1ccc(NC(=O)COc2ccc(Cl)cc2C)cc1. The smallest absolute Gasteiger partial charge is 0.338 e. The minimum atomic E-state index is -0.443. The minimum Gasteiger partial charge on any atom is -0.483 e. The highest BCUT2D eigenvalue weighted by Crippen LogP contribution is 2.21. The Balaban J connectivity index is 1.84. The van der Waals surface area contributed by atoms with Gasteiger partial charge in [-0.1, -0.05) is 11.6 Å². The summed E-state index contributed by atoms with van der Waals surface area (Å²) in [5.41, 5.74) is 1.80. The molecule has 0 fully saturated rings. The van der Waals surface area contributed by atoms with Crippen LogP contribution in [0.25, 0.3) is 0 Å². The molecule has 0 aliphatic heterocycles. The molecule has 0 heterocycles. The number of benzene rings is 2. The van der Waals surface area contributed by atoms with Gasteiger partial charge in [0, 0.05) is 17.8 Å². The fourth-order valence-corrected chi connectivity index (χ4v) is 2.33. The summed E-state index contributed by atoms with van der Waals surface area (Å²) in [5.74, 6) is -0.157. The number of anilines is 1. The molecule has 0 saturated heterocycles. The van der Waals surface area contributed by atoms with E-state index in [1.54, 1.807) is 42.5 Å². The molecule has 2 rings (SSSR count). The Morgan fingerprint density at radius 2 is 1.81 bits per heavy atom. The van der Waals surface area contributed by atoms with Crippen LogP contribution in [0.15, 0.2) is 42.5 Å². The van der Waals surface area contributed by atoms with Gasteiger partial charge < -0.3 is 19.5 Å². The number of methoxy groups -OCH3 is 1. The number of nitrogens with one attached hydrogen (secondary N) is 1. The van der Waals surface area contributed by atoms with E-state index in [9.17, 15) is 9.59 Å². The van der Waals surface area contributed by atoms with Crippen LogP contribution in [0.3, 0.4) is 0 Å². The molecule has 1 amide bonds. The fourth-order valence-electron chi connectivity index (χ4n) is 2.11. The lowest BCUT2D eigenvalue weighted by molar-refractivity contribution is -0.118. The number of aryl methyl sites for hydroxylation is 1. The first-order chi connectivity index (χ1) is 12.5. The normalized spacial score (nSPS) is 10.3. The van der Waals surface area contributed by atoms with Crippen molar-refractivity contribution in [3.05, 3.63) is 58.6 Å². The van der Waals surface area contributed by atoms with E-state index in [4.69, 9.17) is 25.8 Å². The maximum absolute atomic E-state index is 12.0. The molecule has 26 heavy (non-hydrogen) atoms. The van der Waals surface area contributed by atoms with Crippen LogP contribution >= 0.6 is 11.6 Å². The van der Waals surface area contributed by atoms with Crippen molar-refractivity contribution in [3.63, 3.8) is 0 Å². The van der Waals surface area contributed by atoms with Crippen molar-refractivity contribution in [2.45, 2.75) is 6.92 Å². The van der Waals surface area contributed by atoms with Gasteiger partial charge in [-0.15, -0.1) is 0 Å². The first kappa shape index (κ1) is 19.8. The summed E-state index contributed by atoms with van der Waals surface area (Å²) in [6.45, 7) is 2.25. The summed E-state index contributed by atoms with van der Waals surface area (Å²) >= 11 is 5.88. The minimum absolute atomic E-state index is 0.136. The van der Waals surface area contributed by atoms with E-state index in [0.29, 0.717) is 28.6 Å². The third-order valence-corrected chi connectivity index (χ3v) is 3.66. The molecule has 0 aliphatic carbocycles. The highest BCUT2D eigenvalue weighted by Gasteiger charge is 2.09. The van der Waals surface area contributed by atoms with Gasteiger partial charge in [-0.2, -0.15) is 0 Å². The lowest BCUT2D eigenvalue weighted by atomic mass is 10.2. The molecule has 0 radical (unpaired) electrons. The van der Waals surface area contributed by atoms with E-state index in [-0.39, 0.29) is 19.1 Å². The number of amides is 1. The first-order valence-electron chi connectivity index (χ1n) is 7.94. The van der Waals surface area contributed by atoms with E-state index >= 15 is 0 Å². The fraction of sp³-hybridized carbons (Fsp3) is 0.263. The molecular weight excluding hydrogens is 358 g/mol. The molecule has 0 unspecified atom stereocenters. The zero-order valence-corrected chi connectivity index (χ0v) is 15.3. The Morgan fingerprint density at radius 1 is 1.08 bits per heavy atom. The highest BCUT2D eigenvalue weighted by atomic mass is 35.5. The van der Waals surface area contributed by atoms with Gasteiger partial charge in [0.1, 0.15) is 12.4 Å². The summed E-state index contributed by atoms with van der Waals surface area (Å²) in [7, 11) is 1.53. The van der Waals surface area contributed by atoms with Crippen LogP contribution < -0.4 is 10.1 Å². The first-order valence-corrected chi connectivity index (χ1v) is 8.32. The molecule has 0 saturated carbocycles. The predicted molar refractivity (Wildman–Crippen MR) is 98.9 cm³/mol. The second kappa shape index (κ2) is 9.79. The van der Waals surface area contributed by atoms with Gasteiger partial charge in [0.15, 0.2) is 6.61 Å². The van der Waals surface area contributed by atoms with E-state index in [0.717, 1.165) is 5.56 Å². The van der Waals surface area contributed by atoms with Crippen molar-refractivity contribution in [1.29, 1.82) is 0 Å². The number of carbonyl (C=O) groups is 2. The third-order valence-electron chi connectivity index (χ3n) is 3.42. The summed E-state index contributed by atoms with van der Waals surface area (Å²) in [6, 6.07) is 11.6. The van der Waals surface area contributed by atoms with Gasteiger partial charge in [-0.25, -0.2) is 4.79 Å². The van der Waals surface area contributed by atoms with E-state index in [1.807, 2.05) is 6.92 Å². The van der Waals surface area contributed by atoms with Crippen molar-refractivity contribution in [2.24, 2.45) is 0 Å². The molecule has 0 spiro atoms. The summed E-state index contributed by atoms with van der Waals surface area (Å²) in [5, 5.41) is 3.31. The molecule has 138 valence electrons. The van der Waals surface area contributed by atoms with E-state index < -0.39 is 5.97 Å².